The number of nitrogens with zero attached hydrogens (tertiary/aromatic N) is 4. The highest BCUT2D eigenvalue weighted by Crippen LogP contribution is 2.30. The second kappa shape index (κ2) is 8.74. The third-order valence-corrected chi connectivity index (χ3v) is 5.92. The molecule has 0 saturated carbocycles. The average molecular weight is 454 g/mol. The zero-order valence-corrected chi connectivity index (χ0v) is 18.1. The molecule has 2 N–H and O–H groups in total. The van der Waals surface area contributed by atoms with Crippen molar-refractivity contribution in [3.05, 3.63) is 57.5 Å². The van der Waals surface area contributed by atoms with E-state index in [1.54, 1.807) is 6.20 Å². The molecule has 3 aromatic heterocycles. The van der Waals surface area contributed by atoms with Gasteiger partial charge in [0.1, 0.15) is 11.6 Å². The van der Waals surface area contributed by atoms with Gasteiger partial charge in [0.2, 0.25) is 0 Å². The third-order valence-electron chi connectivity index (χ3n) is 5.92. The molecule has 5 rings (SSSR count). The highest BCUT2D eigenvalue weighted by molar-refractivity contribution is 5.93. The maximum Gasteiger partial charge on any atom is 0.425 e. The van der Waals surface area contributed by atoms with Gasteiger partial charge in [-0.25, -0.2) is 23.7 Å². The minimum atomic E-state index is -0.579. The van der Waals surface area contributed by atoms with E-state index >= 15 is 0 Å². The predicted molar refractivity (Wildman–Crippen MR) is 115 cm³/mol. The first-order chi connectivity index (χ1) is 16.0. The molecule has 4 heterocycles. The molecule has 0 fully saturated rings. The van der Waals surface area contributed by atoms with Crippen molar-refractivity contribution in [2.75, 3.05) is 25.0 Å². The van der Waals surface area contributed by atoms with Gasteiger partial charge in [0.05, 0.1) is 18.6 Å². The molecule has 3 aromatic rings. The second-order valence-corrected chi connectivity index (χ2v) is 8.28. The summed E-state index contributed by atoms with van der Waals surface area (Å²) >= 11 is 0. The van der Waals surface area contributed by atoms with Gasteiger partial charge < -0.3 is 19.8 Å². The molecule has 2 aliphatic rings. The number of oxazole rings is 1. The van der Waals surface area contributed by atoms with Crippen molar-refractivity contribution < 1.29 is 18.3 Å². The highest BCUT2D eigenvalue weighted by atomic mass is 19.1. The Bertz CT molecular complexity index is 1240. The van der Waals surface area contributed by atoms with Gasteiger partial charge in [-0.3, -0.25) is 9.78 Å². The molecule has 0 saturated heterocycles. The van der Waals surface area contributed by atoms with Gasteiger partial charge in [0.15, 0.2) is 18.2 Å². The van der Waals surface area contributed by atoms with Crippen LogP contribution in [0.2, 0.25) is 0 Å². The van der Waals surface area contributed by atoms with Gasteiger partial charge >= 0.3 is 5.76 Å². The summed E-state index contributed by atoms with van der Waals surface area (Å²) in [7, 11) is 0. The minimum absolute atomic E-state index is 0.119. The first-order valence-electron chi connectivity index (χ1n) is 10.8. The van der Waals surface area contributed by atoms with E-state index in [1.807, 2.05) is 6.92 Å². The van der Waals surface area contributed by atoms with E-state index in [0.717, 1.165) is 49.2 Å². The maximum absolute atomic E-state index is 14.0. The first kappa shape index (κ1) is 21.3. The van der Waals surface area contributed by atoms with Crippen molar-refractivity contribution >= 4 is 11.7 Å². The van der Waals surface area contributed by atoms with E-state index in [9.17, 15) is 14.0 Å². The van der Waals surface area contributed by atoms with Gasteiger partial charge in [0.25, 0.3) is 11.8 Å². The lowest BCUT2D eigenvalue weighted by Gasteiger charge is -2.15. The van der Waals surface area contributed by atoms with Crippen LogP contribution in [0.3, 0.4) is 0 Å². The fraction of sp³-hybridized carbons (Fsp3) is 0.409. The molecule has 1 amide bonds. The minimum Gasteiger partial charge on any atom is -0.465 e. The summed E-state index contributed by atoms with van der Waals surface area (Å²) < 4.78 is 25.7. The normalized spacial score (nSPS) is 16.8. The Morgan fingerprint density at radius 3 is 2.94 bits per heavy atom. The van der Waals surface area contributed by atoms with E-state index in [2.05, 4.69) is 25.6 Å². The van der Waals surface area contributed by atoms with Gasteiger partial charge in [-0.2, -0.15) is 0 Å². The number of anilines is 1. The molecule has 0 bridgehead atoms. The number of aromatic nitrogens is 4. The fourth-order valence-electron chi connectivity index (χ4n) is 4.28. The van der Waals surface area contributed by atoms with E-state index in [1.165, 1.54) is 17.0 Å². The summed E-state index contributed by atoms with van der Waals surface area (Å²) in [5.41, 5.74) is 2.75. The molecule has 1 unspecified atom stereocenters. The number of pyridine rings is 1. The molecule has 1 atom stereocenters. The Kier molecular flexibility index (Phi) is 5.63. The first-order valence-corrected chi connectivity index (χ1v) is 10.8. The lowest BCUT2D eigenvalue weighted by atomic mass is 10.1. The highest BCUT2D eigenvalue weighted by Gasteiger charge is 2.26. The van der Waals surface area contributed by atoms with Crippen molar-refractivity contribution in [1.82, 2.24) is 24.8 Å². The lowest BCUT2D eigenvalue weighted by Crippen LogP contribution is -2.27. The number of carbonyl (C=O) groups excluding carboxylic acids is 1. The van der Waals surface area contributed by atoms with Gasteiger partial charge in [-0.1, -0.05) is 0 Å². The lowest BCUT2D eigenvalue weighted by molar-refractivity contribution is -0.118. The number of rotatable bonds is 7. The van der Waals surface area contributed by atoms with Crippen LogP contribution in [0.4, 0.5) is 10.2 Å². The van der Waals surface area contributed by atoms with E-state index < -0.39 is 5.76 Å². The van der Waals surface area contributed by atoms with Gasteiger partial charge in [-0.15, -0.1) is 0 Å². The molecule has 0 spiro atoms. The molecule has 10 nitrogen and oxygen atoms in total. The smallest absolute Gasteiger partial charge is 0.425 e. The third kappa shape index (κ3) is 4.36. The molecule has 11 heteroatoms. The zero-order valence-electron chi connectivity index (χ0n) is 18.1. The number of halogens is 1. The predicted octanol–water partition coefficient (Wildman–Crippen LogP) is 1.33. The number of carbonyl (C=O) groups is 1. The Hall–Kier alpha value is -3.60. The van der Waals surface area contributed by atoms with Crippen LogP contribution in [0, 0.1) is 18.7 Å². The number of amides is 1. The van der Waals surface area contributed by atoms with E-state index in [4.69, 9.17) is 9.15 Å². The summed E-state index contributed by atoms with van der Waals surface area (Å²) in [6.45, 7) is 3.33. The van der Waals surface area contributed by atoms with Crippen LogP contribution in [0.25, 0.3) is 5.82 Å². The van der Waals surface area contributed by atoms with Crippen LogP contribution in [-0.2, 0) is 24.1 Å². The number of ether oxygens (including phenoxy) is 1. The molecular formula is C22H23FN6O4. The average Bonchev–Trinajstić information content (AvgIpc) is 3.40. The molecule has 1 aliphatic heterocycles. The topological polar surface area (TPSA) is 124 Å². The van der Waals surface area contributed by atoms with Crippen LogP contribution in [-0.4, -0.2) is 45.1 Å². The zero-order chi connectivity index (χ0) is 22.9. The Labute approximate surface area is 188 Å². The quantitative estimate of drug-likeness (QED) is 0.513. The van der Waals surface area contributed by atoms with Crippen molar-refractivity contribution in [3.8, 4) is 11.7 Å². The Morgan fingerprint density at radius 1 is 1.24 bits per heavy atom. The largest absolute Gasteiger partial charge is 0.465 e. The molecular weight excluding hydrogens is 431 g/mol. The standard InChI is InChI=1S/C22H23FN6O4/c1-12-15-5-13(6-16(15)17(23)8-25-12)7-24-4-2-3-14-10-29(22(31)33-14)18-9-26-21-20(27-18)28-19(30)11-32-21/h8-10,13,24H,2-7,11H2,1H3,(H,27,28,30). The number of fused-ring (bicyclic) bond motifs is 2. The monoisotopic (exact) mass is 454 g/mol. The van der Waals surface area contributed by atoms with Crippen molar-refractivity contribution in [2.24, 2.45) is 5.92 Å². The summed E-state index contributed by atoms with van der Waals surface area (Å²) in [4.78, 5) is 36.2. The SMILES string of the molecule is Cc1ncc(F)c2c1CC(CNCCCc1cn(-c3cnc4c(n3)NC(=O)CO4)c(=O)o1)C2. The fourth-order valence-corrected chi connectivity index (χ4v) is 4.28. The second-order valence-electron chi connectivity index (χ2n) is 8.28. The molecule has 172 valence electrons. The number of hydrogen-bond acceptors (Lipinski definition) is 8. The van der Waals surface area contributed by atoms with Crippen molar-refractivity contribution in [1.29, 1.82) is 0 Å². The van der Waals surface area contributed by atoms with Crippen LogP contribution in [0.1, 0.15) is 29.0 Å². The van der Waals surface area contributed by atoms with Gasteiger partial charge in [-0.05, 0) is 56.3 Å². The molecule has 33 heavy (non-hydrogen) atoms. The number of hydrogen-bond donors (Lipinski definition) is 2. The van der Waals surface area contributed by atoms with Crippen LogP contribution in [0.5, 0.6) is 5.88 Å². The van der Waals surface area contributed by atoms with E-state index in [-0.39, 0.29) is 35.8 Å². The maximum atomic E-state index is 14.0. The summed E-state index contributed by atoms with van der Waals surface area (Å²) in [5.74, 6) is 0.363. The summed E-state index contributed by atoms with van der Waals surface area (Å²) in [5, 5.41) is 5.98. The molecule has 0 aromatic carbocycles. The molecule has 1 aliphatic carbocycles. The Morgan fingerprint density at radius 2 is 2.09 bits per heavy atom. The van der Waals surface area contributed by atoms with Crippen molar-refractivity contribution in [3.63, 3.8) is 0 Å². The number of aryl methyl sites for hydroxylation is 2. The van der Waals surface area contributed by atoms with Gasteiger partial charge in [0, 0.05) is 12.1 Å². The van der Waals surface area contributed by atoms with Crippen molar-refractivity contribution in [2.45, 2.75) is 32.6 Å². The van der Waals surface area contributed by atoms with E-state index in [0.29, 0.717) is 18.1 Å². The summed E-state index contributed by atoms with van der Waals surface area (Å²) in [6, 6.07) is 0. The Balaban J connectivity index is 1.13. The molecule has 0 radical (unpaired) electrons. The van der Waals surface area contributed by atoms with Crippen LogP contribution < -0.4 is 21.1 Å². The number of nitrogens with one attached hydrogen (secondary N) is 2. The van der Waals surface area contributed by atoms with Crippen LogP contribution in [0.15, 0.2) is 27.8 Å². The van der Waals surface area contributed by atoms with Crippen LogP contribution >= 0.6 is 0 Å². The summed E-state index contributed by atoms with van der Waals surface area (Å²) in [6.07, 6.45) is 7.17.